The Hall–Kier alpha value is -3.82. The van der Waals surface area contributed by atoms with Gasteiger partial charge in [-0.25, -0.2) is 0 Å². The molecule has 0 spiro atoms. The summed E-state index contributed by atoms with van der Waals surface area (Å²) in [5, 5.41) is 5.54. The summed E-state index contributed by atoms with van der Waals surface area (Å²) in [5.74, 6) is -1.64. The molecule has 2 aromatic rings. The molecule has 1 fully saturated rings. The van der Waals surface area contributed by atoms with Gasteiger partial charge in [0, 0.05) is 6.04 Å². The SMILES string of the molecule is CCOC(=O)CN(C(=O)CNC(=O)c1ccco1)[C@@H](C(=O)NC1CCCCC1)c1ccc(OC)cc1. The lowest BCUT2D eigenvalue weighted by molar-refractivity contribution is -0.152. The molecule has 0 radical (unpaired) electrons. The van der Waals surface area contributed by atoms with Crippen LogP contribution in [0.25, 0.3) is 0 Å². The lowest BCUT2D eigenvalue weighted by atomic mass is 9.94. The summed E-state index contributed by atoms with van der Waals surface area (Å²) in [4.78, 5) is 52.9. The molecule has 3 amide bonds. The molecule has 10 heteroatoms. The minimum absolute atomic E-state index is 0.00907. The number of rotatable bonds is 11. The van der Waals surface area contributed by atoms with Crippen LogP contribution in [0.2, 0.25) is 0 Å². The van der Waals surface area contributed by atoms with E-state index >= 15 is 0 Å². The molecule has 2 N–H and O–H groups in total. The van der Waals surface area contributed by atoms with Crippen LogP contribution in [-0.2, 0) is 19.1 Å². The van der Waals surface area contributed by atoms with Crippen molar-refractivity contribution in [1.82, 2.24) is 15.5 Å². The van der Waals surface area contributed by atoms with Gasteiger partial charge < -0.3 is 29.4 Å². The van der Waals surface area contributed by atoms with E-state index in [1.165, 1.54) is 19.4 Å². The van der Waals surface area contributed by atoms with Crippen molar-refractivity contribution in [3.8, 4) is 5.75 Å². The van der Waals surface area contributed by atoms with Crippen molar-refractivity contribution in [2.75, 3.05) is 26.8 Å². The summed E-state index contributed by atoms with van der Waals surface area (Å²) >= 11 is 0. The van der Waals surface area contributed by atoms with E-state index in [-0.39, 0.29) is 18.4 Å². The van der Waals surface area contributed by atoms with Crippen LogP contribution in [0.4, 0.5) is 0 Å². The molecule has 0 saturated heterocycles. The Bertz CT molecular complexity index is 1010. The predicted octanol–water partition coefficient (Wildman–Crippen LogP) is 2.60. The van der Waals surface area contributed by atoms with E-state index in [2.05, 4.69) is 10.6 Å². The molecule has 0 aliphatic heterocycles. The Kier molecular flexibility index (Phi) is 9.91. The van der Waals surface area contributed by atoms with Crippen LogP contribution in [0.5, 0.6) is 5.75 Å². The maximum atomic E-state index is 13.6. The van der Waals surface area contributed by atoms with Gasteiger partial charge in [-0.1, -0.05) is 31.4 Å². The Morgan fingerprint density at radius 1 is 1.08 bits per heavy atom. The third-order valence-electron chi connectivity index (χ3n) is 6.01. The van der Waals surface area contributed by atoms with Crippen LogP contribution >= 0.6 is 0 Å². The highest BCUT2D eigenvalue weighted by atomic mass is 16.5. The molecule has 194 valence electrons. The van der Waals surface area contributed by atoms with Gasteiger partial charge in [0.15, 0.2) is 5.76 Å². The van der Waals surface area contributed by atoms with Gasteiger partial charge in [-0.15, -0.1) is 0 Å². The first kappa shape index (κ1) is 26.8. The third-order valence-corrected chi connectivity index (χ3v) is 6.01. The summed E-state index contributed by atoms with van der Waals surface area (Å²) in [6.45, 7) is 0.877. The first-order valence-electron chi connectivity index (χ1n) is 12.1. The van der Waals surface area contributed by atoms with Crippen molar-refractivity contribution in [3.05, 3.63) is 54.0 Å². The Labute approximate surface area is 210 Å². The van der Waals surface area contributed by atoms with Crippen LogP contribution in [0.15, 0.2) is 47.1 Å². The van der Waals surface area contributed by atoms with Gasteiger partial charge in [0.25, 0.3) is 5.91 Å². The number of furan rings is 1. The molecule has 10 nitrogen and oxygen atoms in total. The minimum atomic E-state index is -1.12. The number of benzene rings is 1. The van der Waals surface area contributed by atoms with E-state index in [4.69, 9.17) is 13.9 Å². The number of nitrogens with one attached hydrogen (secondary N) is 2. The van der Waals surface area contributed by atoms with Crippen molar-refractivity contribution in [3.63, 3.8) is 0 Å². The Morgan fingerprint density at radius 3 is 2.42 bits per heavy atom. The molecular formula is C26H33N3O7. The van der Waals surface area contributed by atoms with Crippen LogP contribution in [0.3, 0.4) is 0 Å². The quantitative estimate of drug-likeness (QED) is 0.455. The van der Waals surface area contributed by atoms with Gasteiger partial charge in [0.05, 0.1) is 26.5 Å². The molecule has 1 aromatic heterocycles. The molecule has 1 heterocycles. The molecule has 1 aliphatic carbocycles. The molecule has 1 aromatic carbocycles. The predicted molar refractivity (Wildman–Crippen MR) is 130 cm³/mol. The molecule has 0 bridgehead atoms. The van der Waals surface area contributed by atoms with Crippen molar-refractivity contribution >= 4 is 23.7 Å². The number of ether oxygens (including phenoxy) is 2. The van der Waals surface area contributed by atoms with Gasteiger partial charge in [0.1, 0.15) is 18.3 Å². The highest BCUT2D eigenvalue weighted by Crippen LogP contribution is 2.26. The van der Waals surface area contributed by atoms with Crippen molar-refractivity contribution in [2.45, 2.75) is 51.1 Å². The van der Waals surface area contributed by atoms with Gasteiger partial charge in [-0.2, -0.15) is 0 Å². The Balaban J connectivity index is 1.88. The fraction of sp³-hybridized carbons (Fsp3) is 0.462. The molecule has 3 rings (SSSR count). The number of hydrogen-bond donors (Lipinski definition) is 2. The van der Waals surface area contributed by atoms with Gasteiger partial charge in [0.2, 0.25) is 11.8 Å². The number of nitrogens with zero attached hydrogens (tertiary/aromatic N) is 1. The minimum Gasteiger partial charge on any atom is -0.497 e. The first-order valence-corrected chi connectivity index (χ1v) is 12.1. The van der Waals surface area contributed by atoms with E-state index in [0.29, 0.717) is 11.3 Å². The molecule has 1 aliphatic rings. The standard InChI is InChI=1S/C26H33N3O7/c1-3-35-23(31)17-29(22(30)16-27-25(32)21-10-7-15-36-21)24(18-11-13-20(34-2)14-12-18)26(33)28-19-8-5-4-6-9-19/h7,10-15,19,24H,3-6,8-9,16-17H2,1-2H3,(H,27,32)(H,28,33)/t24-/m1/s1. The lowest BCUT2D eigenvalue weighted by Crippen LogP contribution is -2.51. The molecule has 0 unspecified atom stereocenters. The molecule has 1 saturated carbocycles. The van der Waals surface area contributed by atoms with Crippen molar-refractivity contribution in [1.29, 1.82) is 0 Å². The Morgan fingerprint density at radius 2 is 1.81 bits per heavy atom. The number of carbonyl (C=O) groups is 4. The first-order chi connectivity index (χ1) is 17.4. The summed E-state index contributed by atoms with van der Waals surface area (Å²) < 4.78 is 15.4. The second kappa shape index (κ2) is 13.3. The fourth-order valence-electron chi connectivity index (χ4n) is 4.21. The van der Waals surface area contributed by atoms with Crippen LogP contribution in [0.1, 0.15) is 61.2 Å². The third kappa shape index (κ3) is 7.34. The number of methoxy groups -OCH3 is 1. The maximum absolute atomic E-state index is 13.6. The van der Waals surface area contributed by atoms with Crippen LogP contribution in [0, 0.1) is 0 Å². The van der Waals surface area contributed by atoms with E-state index in [9.17, 15) is 19.2 Å². The van der Waals surface area contributed by atoms with Crippen molar-refractivity contribution < 1.29 is 33.1 Å². The summed E-state index contributed by atoms with van der Waals surface area (Å²) in [7, 11) is 1.53. The van der Waals surface area contributed by atoms with Crippen molar-refractivity contribution in [2.24, 2.45) is 0 Å². The summed E-state index contributed by atoms with van der Waals surface area (Å²) in [6, 6.07) is 8.62. The average molecular weight is 500 g/mol. The van der Waals surface area contributed by atoms with Gasteiger partial charge >= 0.3 is 5.97 Å². The highest BCUT2D eigenvalue weighted by Gasteiger charge is 2.34. The van der Waals surface area contributed by atoms with Crippen LogP contribution in [-0.4, -0.2) is 61.4 Å². The number of amides is 3. The molecular weight excluding hydrogens is 466 g/mol. The van der Waals surface area contributed by atoms with E-state index in [0.717, 1.165) is 37.0 Å². The largest absolute Gasteiger partial charge is 0.497 e. The average Bonchev–Trinajstić information content (AvgIpc) is 3.43. The lowest BCUT2D eigenvalue weighted by Gasteiger charge is -2.33. The molecule has 36 heavy (non-hydrogen) atoms. The van der Waals surface area contributed by atoms with E-state index < -0.39 is 42.8 Å². The summed E-state index contributed by atoms with van der Waals surface area (Å²) in [5.41, 5.74) is 0.499. The number of carbonyl (C=O) groups excluding carboxylic acids is 4. The van der Waals surface area contributed by atoms with Gasteiger partial charge in [-0.3, -0.25) is 19.2 Å². The van der Waals surface area contributed by atoms with E-state index in [1.807, 2.05) is 0 Å². The second-order valence-electron chi connectivity index (χ2n) is 8.51. The fourth-order valence-corrected chi connectivity index (χ4v) is 4.21. The highest BCUT2D eigenvalue weighted by molar-refractivity contribution is 5.96. The number of esters is 1. The molecule has 1 atom stereocenters. The topological polar surface area (TPSA) is 127 Å². The normalized spacial score (nSPS) is 14.4. The number of hydrogen-bond acceptors (Lipinski definition) is 7. The maximum Gasteiger partial charge on any atom is 0.325 e. The summed E-state index contributed by atoms with van der Waals surface area (Å²) in [6.07, 6.45) is 6.21. The van der Waals surface area contributed by atoms with Crippen LogP contribution < -0.4 is 15.4 Å². The monoisotopic (exact) mass is 499 g/mol. The van der Waals surface area contributed by atoms with Gasteiger partial charge in [-0.05, 0) is 49.6 Å². The smallest absolute Gasteiger partial charge is 0.325 e. The zero-order chi connectivity index (χ0) is 25.9. The zero-order valence-electron chi connectivity index (χ0n) is 20.7. The van der Waals surface area contributed by atoms with E-state index in [1.54, 1.807) is 37.3 Å². The second-order valence-corrected chi connectivity index (χ2v) is 8.51. The zero-order valence-corrected chi connectivity index (χ0v) is 20.7.